The Bertz CT molecular complexity index is 1200. The predicted molar refractivity (Wildman–Crippen MR) is 125 cm³/mol. The highest BCUT2D eigenvalue weighted by atomic mass is 32.1. The van der Waals surface area contributed by atoms with Crippen LogP contribution in [0, 0.1) is 0 Å². The number of hydrogen-bond donors (Lipinski definition) is 1. The van der Waals surface area contributed by atoms with Gasteiger partial charge < -0.3 is 19.2 Å². The maximum atomic E-state index is 10.4. The number of aromatic nitrogens is 1. The molecule has 31 heavy (non-hydrogen) atoms. The minimum atomic E-state index is 0.170. The molecule has 0 radical (unpaired) electrons. The molecule has 1 aliphatic rings. The molecule has 1 N–H and O–H groups in total. The summed E-state index contributed by atoms with van der Waals surface area (Å²) in [5.41, 5.74) is 2.32. The molecule has 2 aromatic heterocycles. The molecule has 0 unspecified atom stereocenters. The van der Waals surface area contributed by atoms with Crippen LogP contribution in [0.2, 0.25) is 0 Å². The van der Waals surface area contributed by atoms with Crippen molar-refractivity contribution in [3.63, 3.8) is 0 Å². The van der Waals surface area contributed by atoms with Crippen LogP contribution in [0.25, 0.3) is 20.8 Å². The van der Waals surface area contributed by atoms with Crippen molar-refractivity contribution < 1.29 is 14.3 Å². The van der Waals surface area contributed by atoms with E-state index in [0.717, 1.165) is 39.9 Å². The molecule has 2 atom stereocenters. The van der Waals surface area contributed by atoms with Crippen LogP contribution in [0.3, 0.4) is 0 Å². The number of fused-ring (bicyclic) bond motifs is 1. The van der Waals surface area contributed by atoms with E-state index < -0.39 is 0 Å². The summed E-state index contributed by atoms with van der Waals surface area (Å²) >= 11 is 1.55. The molecule has 1 aliphatic heterocycles. The number of thiazole rings is 1. The van der Waals surface area contributed by atoms with Gasteiger partial charge in [0.25, 0.3) is 0 Å². The molecule has 0 saturated carbocycles. The number of ether oxygens (including phenoxy) is 1. The number of phenols is 1. The summed E-state index contributed by atoms with van der Waals surface area (Å²) in [6.07, 6.45) is 2.04. The second-order valence-electron chi connectivity index (χ2n) is 7.78. The van der Waals surface area contributed by atoms with Crippen LogP contribution in [-0.4, -0.2) is 41.6 Å². The molecule has 158 valence electrons. The van der Waals surface area contributed by atoms with Crippen molar-refractivity contribution in [2.24, 2.45) is 4.99 Å². The van der Waals surface area contributed by atoms with E-state index in [1.807, 2.05) is 42.5 Å². The van der Waals surface area contributed by atoms with Crippen molar-refractivity contribution in [3.8, 4) is 16.3 Å². The Morgan fingerprint density at radius 3 is 2.71 bits per heavy atom. The minimum absolute atomic E-state index is 0.170. The average molecular weight is 434 g/mol. The van der Waals surface area contributed by atoms with E-state index in [1.165, 1.54) is 0 Å². The van der Waals surface area contributed by atoms with Gasteiger partial charge in [-0.2, -0.15) is 0 Å². The number of furan rings is 1. The Balaban J connectivity index is 1.37. The molecule has 1 fully saturated rings. The lowest BCUT2D eigenvalue weighted by atomic mass is 10.2. The van der Waals surface area contributed by atoms with Gasteiger partial charge in [0.05, 0.1) is 39.9 Å². The Morgan fingerprint density at radius 1 is 1.10 bits per heavy atom. The van der Waals surface area contributed by atoms with Gasteiger partial charge in [-0.3, -0.25) is 4.99 Å². The first kappa shape index (κ1) is 19.8. The molecule has 0 amide bonds. The number of morpholine rings is 1. The number of aromatic hydroxyl groups is 1. The number of para-hydroxylation sites is 1. The van der Waals surface area contributed by atoms with Crippen molar-refractivity contribution in [2.45, 2.75) is 26.1 Å². The van der Waals surface area contributed by atoms with E-state index >= 15 is 0 Å². The fourth-order valence-electron chi connectivity index (χ4n) is 3.84. The van der Waals surface area contributed by atoms with E-state index in [0.29, 0.717) is 11.3 Å². The Hall–Kier alpha value is -3.16. The van der Waals surface area contributed by atoms with Crippen LogP contribution in [0.15, 0.2) is 64.0 Å². The number of aliphatic imine (C=N–C) groups is 1. The number of rotatable bonds is 4. The molecule has 3 heterocycles. The smallest absolute Gasteiger partial charge is 0.196 e. The summed E-state index contributed by atoms with van der Waals surface area (Å²) in [6.45, 7) is 5.75. The molecule has 5 rings (SSSR count). The van der Waals surface area contributed by atoms with Crippen molar-refractivity contribution in [1.29, 1.82) is 0 Å². The third-order valence-corrected chi connectivity index (χ3v) is 6.26. The molecule has 1 saturated heterocycles. The lowest BCUT2D eigenvalue weighted by Crippen LogP contribution is -2.45. The normalized spacial score (nSPS) is 19.5. The average Bonchev–Trinajstić information content (AvgIpc) is 3.39. The summed E-state index contributed by atoms with van der Waals surface area (Å²) in [6, 6.07) is 17.1. The SMILES string of the molecule is C[C@H]1CN(c2ccc(C=Nc3ccc(O)c(-c4nc5ccccc5s4)c3)o2)C[C@H](C)O1. The van der Waals surface area contributed by atoms with Crippen LogP contribution >= 0.6 is 11.3 Å². The van der Waals surface area contributed by atoms with Gasteiger partial charge in [-0.15, -0.1) is 11.3 Å². The first-order chi connectivity index (χ1) is 15.0. The van der Waals surface area contributed by atoms with Crippen LogP contribution in [0.1, 0.15) is 19.6 Å². The van der Waals surface area contributed by atoms with E-state index in [-0.39, 0.29) is 18.0 Å². The molecule has 6 nitrogen and oxygen atoms in total. The van der Waals surface area contributed by atoms with Crippen LogP contribution in [0.5, 0.6) is 5.75 Å². The van der Waals surface area contributed by atoms with Gasteiger partial charge in [0.2, 0.25) is 0 Å². The molecular weight excluding hydrogens is 410 g/mol. The number of anilines is 1. The van der Waals surface area contributed by atoms with Gasteiger partial charge in [-0.25, -0.2) is 4.98 Å². The molecule has 4 aromatic rings. The highest BCUT2D eigenvalue weighted by Gasteiger charge is 2.24. The number of nitrogens with zero attached hydrogens (tertiary/aromatic N) is 3. The zero-order valence-corrected chi connectivity index (χ0v) is 18.2. The maximum Gasteiger partial charge on any atom is 0.196 e. The van der Waals surface area contributed by atoms with Gasteiger partial charge in [0.15, 0.2) is 5.88 Å². The van der Waals surface area contributed by atoms with Gasteiger partial charge in [-0.1, -0.05) is 12.1 Å². The number of phenolic OH excluding ortho intramolecular Hbond substituents is 1. The summed E-state index contributed by atoms with van der Waals surface area (Å²) in [5, 5.41) is 11.1. The van der Waals surface area contributed by atoms with Crippen molar-refractivity contribution in [2.75, 3.05) is 18.0 Å². The summed E-state index contributed by atoms with van der Waals surface area (Å²) < 4.78 is 12.9. The Labute approximate surface area is 184 Å². The zero-order valence-electron chi connectivity index (χ0n) is 17.4. The minimum Gasteiger partial charge on any atom is -0.507 e. The number of benzene rings is 2. The second kappa shape index (κ2) is 8.17. The Kier molecular flexibility index (Phi) is 5.21. The lowest BCUT2D eigenvalue weighted by Gasteiger charge is -2.35. The van der Waals surface area contributed by atoms with Crippen LogP contribution in [0.4, 0.5) is 11.6 Å². The fraction of sp³-hybridized carbons (Fsp3) is 0.250. The fourth-order valence-corrected chi connectivity index (χ4v) is 4.83. The summed E-state index contributed by atoms with van der Waals surface area (Å²) in [5.74, 6) is 1.69. The zero-order chi connectivity index (χ0) is 21.4. The number of hydrogen-bond acceptors (Lipinski definition) is 7. The molecule has 2 aromatic carbocycles. The van der Waals surface area contributed by atoms with Crippen molar-refractivity contribution in [1.82, 2.24) is 4.98 Å². The van der Waals surface area contributed by atoms with Gasteiger partial charge in [0.1, 0.15) is 16.5 Å². The van der Waals surface area contributed by atoms with E-state index in [1.54, 1.807) is 29.7 Å². The summed E-state index contributed by atoms with van der Waals surface area (Å²) in [4.78, 5) is 11.4. The first-order valence-electron chi connectivity index (χ1n) is 10.3. The quantitative estimate of drug-likeness (QED) is 0.423. The highest BCUT2D eigenvalue weighted by molar-refractivity contribution is 7.21. The molecule has 0 aliphatic carbocycles. The third kappa shape index (κ3) is 4.19. The molecular formula is C24H23N3O3S. The van der Waals surface area contributed by atoms with Crippen molar-refractivity contribution in [3.05, 3.63) is 60.4 Å². The highest BCUT2D eigenvalue weighted by Crippen LogP contribution is 2.37. The standard InChI is InChI=1S/C24H23N3O3S/c1-15-13-27(14-16(2)29-15)23-10-8-18(30-23)12-25-17-7-9-21(28)19(11-17)24-26-20-5-3-4-6-22(20)31-24/h3-12,15-16,28H,13-14H2,1-2H3/t15-,16-/m0/s1. The summed E-state index contributed by atoms with van der Waals surface area (Å²) in [7, 11) is 0. The lowest BCUT2D eigenvalue weighted by molar-refractivity contribution is -0.00640. The van der Waals surface area contributed by atoms with Crippen LogP contribution in [-0.2, 0) is 4.74 Å². The largest absolute Gasteiger partial charge is 0.507 e. The second-order valence-corrected chi connectivity index (χ2v) is 8.82. The van der Waals surface area contributed by atoms with E-state index in [4.69, 9.17) is 9.15 Å². The molecule has 0 bridgehead atoms. The topological polar surface area (TPSA) is 71.1 Å². The maximum absolute atomic E-state index is 10.4. The van der Waals surface area contributed by atoms with E-state index in [2.05, 4.69) is 28.7 Å². The molecule has 0 spiro atoms. The Morgan fingerprint density at radius 2 is 1.90 bits per heavy atom. The van der Waals surface area contributed by atoms with Crippen LogP contribution < -0.4 is 4.90 Å². The first-order valence-corrected chi connectivity index (χ1v) is 11.1. The molecule has 7 heteroatoms. The van der Waals surface area contributed by atoms with Gasteiger partial charge in [0, 0.05) is 19.2 Å². The predicted octanol–water partition coefficient (Wildman–Crippen LogP) is 5.63. The van der Waals surface area contributed by atoms with Gasteiger partial charge in [-0.05, 0) is 50.2 Å². The van der Waals surface area contributed by atoms with E-state index in [9.17, 15) is 5.11 Å². The monoisotopic (exact) mass is 433 g/mol. The third-order valence-electron chi connectivity index (χ3n) is 5.19. The van der Waals surface area contributed by atoms with Gasteiger partial charge >= 0.3 is 0 Å². The van der Waals surface area contributed by atoms with Crippen molar-refractivity contribution >= 4 is 39.3 Å².